The molecule has 0 amide bonds. The van der Waals surface area contributed by atoms with Crippen LogP contribution in [-0.2, 0) is 34.9 Å². The summed E-state index contributed by atoms with van der Waals surface area (Å²) in [4.78, 5) is 0.196. The lowest BCUT2D eigenvalue weighted by Gasteiger charge is -2.54. The molecule has 2 saturated carbocycles. The summed E-state index contributed by atoms with van der Waals surface area (Å²) in [6, 6.07) is 13.3. The van der Waals surface area contributed by atoms with Crippen molar-refractivity contribution in [2.45, 2.75) is 88.7 Å². The number of rotatable bonds is 11. The van der Waals surface area contributed by atoms with Crippen LogP contribution in [0.2, 0.25) is 0 Å². The first kappa shape index (κ1) is 30.5. The molecule has 0 heterocycles. The highest BCUT2D eigenvalue weighted by Crippen LogP contribution is 2.63. The number of methoxy groups -OCH3 is 2. The van der Waals surface area contributed by atoms with Crippen LogP contribution in [0.15, 0.2) is 47.4 Å². The van der Waals surface area contributed by atoms with Gasteiger partial charge in [0, 0.05) is 14.2 Å². The van der Waals surface area contributed by atoms with Crippen molar-refractivity contribution < 1.29 is 31.5 Å². The fourth-order valence-electron chi connectivity index (χ4n) is 8.27. The third kappa shape index (κ3) is 6.23. The smallest absolute Gasteiger partial charge is 0.297 e. The van der Waals surface area contributed by atoms with E-state index >= 15 is 0 Å². The van der Waals surface area contributed by atoms with Crippen LogP contribution in [0, 0.1) is 30.1 Å². The first-order valence-electron chi connectivity index (χ1n) is 14.8. The van der Waals surface area contributed by atoms with E-state index in [4.69, 9.17) is 23.1 Å². The van der Waals surface area contributed by atoms with Gasteiger partial charge >= 0.3 is 0 Å². The molecule has 2 fully saturated rings. The van der Waals surface area contributed by atoms with Crippen LogP contribution < -0.4 is 4.74 Å². The molecule has 0 bridgehead atoms. The summed E-state index contributed by atoms with van der Waals surface area (Å²) in [6.45, 7) is 8.70. The lowest BCUT2D eigenvalue weighted by Crippen LogP contribution is -2.49. The molecule has 0 aliphatic heterocycles. The molecule has 3 unspecified atom stereocenters. The van der Waals surface area contributed by atoms with E-state index in [-0.39, 0.29) is 29.1 Å². The van der Waals surface area contributed by atoms with E-state index < -0.39 is 15.7 Å². The predicted molar refractivity (Wildman–Crippen MR) is 157 cm³/mol. The van der Waals surface area contributed by atoms with Crippen molar-refractivity contribution in [2.24, 2.45) is 23.2 Å². The molecule has 0 aromatic heterocycles. The minimum atomic E-state index is -3.91. The zero-order valence-electron chi connectivity index (χ0n) is 25.4. The van der Waals surface area contributed by atoms with E-state index in [9.17, 15) is 8.42 Å². The molecule has 226 valence electrons. The van der Waals surface area contributed by atoms with Crippen LogP contribution in [0.3, 0.4) is 0 Å². The number of ether oxygens (including phenoxy) is 4. The van der Waals surface area contributed by atoms with Gasteiger partial charge in [-0.3, -0.25) is 4.18 Å². The molecule has 0 N–H and O–H groups in total. The van der Waals surface area contributed by atoms with Crippen LogP contribution >= 0.6 is 0 Å². The van der Waals surface area contributed by atoms with E-state index in [0.717, 1.165) is 43.4 Å². The highest BCUT2D eigenvalue weighted by atomic mass is 32.2. The molecule has 8 heteroatoms. The van der Waals surface area contributed by atoms with Crippen LogP contribution in [-0.4, -0.2) is 47.9 Å². The van der Waals surface area contributed by atoms with Gasteiger partial charge in [-0.2, -0.15) is 8.42 Å². The Balaban J connectivity index is 1.46. The third-order valence-corrected chi connectivity index (χ3v) is 11.4. The lowest BCUT2D eigenvalue weighted by molar-refractivity contribution is -0.130. The van der Waals surface area contributed by atoms with E-state index in [2.05, 4.69) is 25.1 Å². The summed E-state index contributed by atoms with van der Waals surface area (Å²) in [5.74, 6) is 2.35. The third-order valence-electron chi connectivity index (χ3n) is 9.92. The molecule has 0 saturated heterocycles. The molecular weight excluding hydrogens is 540 g/mol. The van der Waals surface area contributed by atoms with Gasteiger partial charge in [-0.15, -0.1) is 0 Å². The van der Waals surface area contributed by atoms with Gasteiger partial charge in [0.05, 0.1) is 16.6 Å². The highest BCUT2D eigenvalue weighted by Gasteiger charge is 2.58. The molecule has 0 spiro atoms. The monoisotopic (exact) mass is 586 g/mol. The van der Waals surface area contributed by atoms with Crippen molar-refractivity contribution in [1.29, 1.82) is 0 Å². The van der Waals surface area contributed by atoms with Gasteiger partial charge in [-0.25, -0.2) is 0 Å². The van der Waals surface area contributed by atoms with Gasteiger partial charge in [0.25, 0.3) is 10.1 Å². The zero-order chi connectivity index (χ0) is 29.4. The second kappa shape index (κ2) is 12.0. The minimum absolute atomic E-state index is 0.0654. The average Bonchev–Trinajstić information content (AvgIpc) is 3.25. The fraction of sp³-hybridized carbons (Fsp3) is 0.636. The second-order valence-corrected chi connectivity index (χ2v) is 14.7. The van der Waals surface area contributed by atoms with Crippen molar-refractivity contribution >= 4 is 10.1 Å². The first-order chi connectivity index (χ1) is 19.5. The summed E-state index contributed by atoms with van der Waals surface area (Å²) in [5, 5.41) is 0. The summed E-state index contributed by atoms with van der Waals surface area (Å²) >= 11 is 0. The molecule has 41 heavy (non-hydrogen) atoms. The van der Waals surface area contributed by atoms with E-state index in [0.29, 0.717) is 31.0 Å². The van der Waals surface area contributed by atoms with Crippen molar-refractivity contribution in [1.82, 2.24) is 0 Å². The molecule has 7 nitrogen and oxygen atoms in total. The highest BCUT2D eigenvalue weighted by molar-refractivity contribution is 7.86. The first-order valence-corrected chi connectivity index (χ1v) is 16.3. The minimum Gasteiger partial charge on any atom is -0.468 e. The summed E-state index contributed by atoms with van der Waals surface area (Å²) in [6.07, 6.45) is 5.98. The molecule has 3 aliphatic rings. The normalized spacial score (nSPS) is 29.5. The molecule has 2 aromatic rings. The van der Waals surface area contributed by atoms with Gasteiger partial charge in [0.2, 0.25) is 0 Å². The maximum Gasteiger partial charge on any atom is 0.297 e. The second-order valence-electron chi connectivity index (χ2n) is 13.2. The maximum absolute atomic E-state index is 13.3. The van der Waals surface area contributed by atoms with Gasteiger partial charge in [-0.05, 0) is 124 Å². The van der Waals surface area contributed by atoms with Crippen molar-refractivity contribution in [2.75, 3.05) is 27.8 Å². The SMILES string of the molecule is COCOc1ccc2c(c1)C[C@@H](CC(C)(C)OS(=O)(=O)c1ccc(C)cc1)C1C2CC[C@@]2(C)C1CC[C@@H]2OCOC. The average molecular weight is 587 g/mol. The molecule has 0 radical (unpaired) electrons. The van der Waals surface area contributed by atoms with E-state index in [1.54, 1.807) is 38.5 Å². The van der Waals surface area contributed by atoms with Gasteiger partial charge in [0.15, 0.2) is 6.79 Å². The van der Waals surface area contributed by atoms with Gasteiger partial charge in [0.1, 0.15) is 12.5 Å². The summed E-state index contributed by atoms with van der Waals surface area (Å²) in [7, 11) is -0.610. The summed E-state index contributed by atoms with van der Waals surface area (Å²) in [5.41, 5.74) is 2.89. The van der Waals surface area contributed by atoms with Crippen LogP contribution in [0.5, 0.6) is 5.75 Å². The number of hydrogen-bond donors (Lipinski definition) is 0. The number of hydrogen-bond acceptors (Lipinski definition) is 7. The van der Waals surface area contributed by atoms with Crippen LogP contribution in [0.1, 0.15) is 75.5 Å². The van der Waals surface area contributed by atoms with Crippen LogP contribution in [0.25, 0.3) is 0 Å². The summed E-state index contributed by atoms with van der Waals surface area (Å²) < 4.78 is 55.1. The molecular formula is C33H46O7S. The Labute approximate surface area is 246 Å². The van der Waals surface area contributed by atoms with Crippen molar-refractivity contribution in [3.63, 3.8) is 0 Å². The molecule has 3 aliphatic carbocycles. The van der Waals surface area contributed by atoms with Crippen molar-refractivity contribution in [3.8, 4) is 5.75 Å². The van der Waals surface area contributed by atoms with E-state index in [1.165, 1.54) is 11.1 Å². The Morgan fingerprint density at radius 2 is 1.71 bits per heavy atom. The lowest BCUT2D eigenvalue weighted by atomic mass is 9.51. The number of fused-ring (bicyclic) bond motifs is 5. The van der Waals surface area contributed by atoms with E-state index in [1.807, 2.05) is 20.8 Å². The molecule has 2 aromatic carbocycles. The Hall–Kier alpha value is -1.97. The Morgan fingerprint density at radius 1 is 0.976 bits per heavy atom. The maximum atomic E-state index is 13.3. The predicted octanol–water partition coefficient (Wildman–Crippen LogP) is 6.62. The standard InChI is InChI=1S/C33H46O7S/c1-22-7-10-26(11-8-22)41(34,35)40-32(2,3)19-24-17-23-18-25(38-20-36-5)9-12-27(23)28-15-16-33(4)29(31(24)28)13-14-30(33)39-21-37-6/h7-12,18,24,28-31H,13-17,19-21H2,1-6H3/t24-,28?,29?,30-,31?,33-/m0/s1. The zero-order valence-corrected chi connectivity index (χ0v) is 26.2. The van der Waals surface area contributed by atoms with Gasteiger partial charge in [-0.1, -0.05) is 30.7 Å². The largest absolute Gasteiger partial charge is 0.468 e. The topological polar surface area (TPSA) is 80.3 Å². The number of benzene rings is 2. The fourth-order valence-corrected chi connectivity index (χ4v) is 9.50. The number of aryl methyl sites for hydroxylation is 1. The Bertz CT molecular complexity index is 1310. The Morgan fingerprint density at radius 3 is 2.41 bits per heavy atom. The van der Waals surface area contributed by atoms with Crippen LogP contribution in [0.4, 0.5) is 0 Å². The van der Waals surface area contributed by atoms with Crippen molar-refractivity contribution in [3.05, 3.63) is 59.2 Å². The quantitative estimate of drug-likeness (QED) is 0.216. The molecule has 6 atom stereocenters. The Kier molecular flexibility index (Phi) is 8.89. The molecule has 5 rings (SSSR count). The van der Waals surface area contributed by atoms with Gasteiger partial charge < -0.3 is 18.9 Å².